The smallest absolute Gasteiger partial charge is 0.307 e. The molecule has 8 heteroatoms. The van der Waals surface area contributed by atoms with Crippen LogP contribution in [0.4, 0.5) is 0 Å². The van der Waals surface area contributed by atoms with Gasteiger partial charge in [0.1, 0.15) is 0 Å². The number of carbonyl (C=O) groups excluding carboxylic acids is 1. The third kappa shape index (κ3) is 4.38. The second-order valence-corrected chi connectivity index (χ2v) is 8.51. The lowest BCUT2D eigenvalue weighted by Gasteiger charge is -2.20. The summed E-state index contributed by atoms with van der Waals surface area (Å²) in [4.78, 5) is 24.4. The molecule has 0 saturated carbocycles. The lowest BCUT2D eigenvalue weighted by molar-refractivity contribution is -0.141. The molecule has 1 aromatic carbocycles. The fourth-order valence-corrected chi connectivity index (χ4v) is 4.23. The van der Waals surface area contributed by atoms with Crippen LogP contribution in [-0.2, 0) is 32.5 Å². The lowest BCUT2D eigenvalue weighted by Crippen LogP contribution is -2.33. The van der Waals surface area contributed by atoms with E-state index in [1.54, 1.807) is 23.1 Å². The van der Waals surface area contributed by atoms with Crippen molar-refractivity contribution in [2.45, 2.75) is 31.6 Å². The summed E-state index contributed by atoms with van der Waals surface area (Å²) >= 11 is 0. The largest absolute Gasteiger partial charge is 0.481 e. The quantitative estimate of drug-likeness (QED) is 0.836. The fraction of sp³-hybridized carbons (Fsp3) is 0.529. The summed E-state index contributed by atoms with van der Waals surface area (Å²) in [5.41, 5.74) is 1.97. The minimum Gasteiger partial charge on any atom is -0.481 e. The maximum absolute atomic E-state index is 12.7. The second kappa shape index (κ2) is 7.53. The first-order valence-electron chi connectivity index (χ1n) is 8.19. The van der Waals surface area contributed by atoms with Gasteiger partial charge in [-0.3, -0.25) is 9.59 Å². The van der Waals surface area contributed by atoms with Crippen molar-refractivity contribution in [3.63, 3.8) is 0 Å². The van der Waals surface area contributed by atoms with Gasteiger partial charge in [0.15, 0.2) is 0 Å². The molecule has 138 valence electrons. The van der Waals surface area contributed by atoms with Gasteiger partial charge < -0.3 is 10.0 Å². The van der Waals surface area contributed by atoms with Gasteiger partial charge >= 0.3 is 5.97 Å². The van der Waals surface area contributed by atoms with E-state index < -0.39 is 21.9 Å². The Bertz CT molecular complexity index is 775. The molecule has 0 spiro atoms. The minimum absolute atomic E-state index is 0.0167. The number of benzene rings is 1. The molecule has 0 aromatic heterocycles. The molecule has 1 atom stereocenters. The highest BCUT2D eigenvalue weighted by Gasteiger charge is 2.26. The summed E-state index contributed by atoms with van der Waals surface area (Å²) in [6, 6.07) is 5.00. The standard InChI is InChI=1S/C17H24N2O5S/c1-12(17(21)22)11-18(3)25(23,24)16-5-4-14-6-8-19(13(2)20)9-7-15(14)10-16/h4-5,10,12H,6-9,11H2,1-3H3,(H,21,22). The molecule has 1 amide bonds. The number of hydrogen-bond acceptors (Lipinski definition) is 4. The molecular weight excluding hydrogens is 344 g/mol. The van der Waals surface area contributed by atoms with E-state index in [1.165, 1.54) is 20.9 Å². The fourth-order valence-electron chi connectivity index (χ4n) is 2.92. The predicted molar refractivity (Wildman–Crippen MR) is 92.7 cm³/mol. The number of nitrogens with zero attached hydrogens (tertiary/aromatic N) is 2. The van der Waals surface area contributed by atoms with E-state index >= 15 is 0 Å². The molecular formula is C17H24N2O5S. The van der Waals surface area contributed by atoms with E-state index in [9.17, 15) is 18.0 Å². The van der Waals surface area contributed by atoms with Crippen LogP contribution in [-0.4, -0.2) is 61.3 Å². The van der Waals surface area contributed by atoms with Crippen molar-refractivity contribution < 1.29 is 23.1 Å². The Labute approximate surface area is 148 Å². The molecule has 0 saturated heterocycles. The van der Waals surface area contributed by atoms with Crippen LogP contribution in [0.25, 0.3) is 0 Å². The summed E-state index contributed by atoms with van der Waals surface area (Å²) in [5.74, 6) is -1.80. The van der Waals surface area contributed by atoms with Gasteiger partial charge in [0, 0.05) is 33.6 Å². The lowest BCUT2D eigenvalue weighted by atomic mass is 10.0. The molecule has 1 aromatic rings. The first-order valence-corrected chi connectivity index (χ1v) is 9.63. The number of aliphatic carboxylic acids is 1. The monoisotopic (exact) mass is 368 g/mol. The summed E-state index contributed by atoms with van der Waals surface area (Å²) in [6.45, 7) is 4.11. The van der Waals surface area contributed by atoms with Gasteiger partial charge in [-0.25, -0.2) is 12.7 Å². The topological polar surface area (TPSA) is 95.0 Å². The molecule has 0 radical (unpaired) electrons. The first-order chi connectivity index (χ1) is 11.6. The normalized spacial score (nSPS) is 16.2. The van der Waals surface area contributed by atoms with Gasteiger partial charge in [0.2, 0.25) is 15.9 Å². The van der Waals surface area contributed by atoms with Gasteiger partial charge in [-0.05, 0) is 36.1 Å². The molecule has 1 unspecified atom stereocenters. The van der Waals surface area contributed by atoms with Crippen molar-refractivity contribution in [2.75, 3.05) is 26.7 Å². The van der Waals surface area contributed by atoms with E-state index in [0.717, 1.165) is 15.4 Å². The van der Waals surface area contributed by atoms with Crippen LogP contribution < -0.4 is 0 Å². The zero-order chi connectivity index (χ0) is 18.8. The Morgan fingerprint density at radius 3 is 2.40 bits per heavy atom. The van der Waals surface area contributed by atoms with Crippen LogP contribution in [0.15, 0.2) is 23.1 Å². The summed E-state index contributed by atoms with van der Waals surface area (Å²) in [6.07, 6.45) is 1.30. The Morgan fingerprint density at radius 1 is 1.24 bits per heavy atom. The number of rotatable bonds is 5. The van der Waals surface area contributed by atoms with Crippen molar-refractivity contribution in [1.29, 1.82) is 0 Å². The van der Waals surface area contributed by atoms with Crippen LogP contribution in [0, 0.1) is 5.92 Å². The van der Waals surface area contributed by atoms with E-state index in [0.29, 0.717) is 25.9 Å². The highest BCUT2D eigenvalue weighted by molar-refractivity contribution is 7.89. The van der Waals surface area contributed by atoms with E-state index in [2.05, 4.69) is 0 Å². The highest BCUT2D eigenvalue weighted by Crippen LogP contribution is 2.23. The van der Waals surface area contributed by atoms with Gasteiger partial charge in [0.25, 0.3) is 0 Å². The van der Waals surface area contributed by atoms with Crippen LogP contribution in [0.5, 0.6) is 0 Å². The van der Waals surface area contributed by atoms with Crippen molar-refractivity contribution in [1.82, 2.24) is 9.21 Å². The Balaban J connectivity index is 2.24. The summed E-state index contributed by atoms with van der Waals surface area (Å²) in [5, 5.41) is 8.97. The third-order valence-electron chi connectivity index (χ3n) is 4.59. The zero-order valence-corrected chi connectivity index (χ0v) is 15.5. The van der Waals surface area contributed by atoms with Crippen molar-refractivity contribution in [3.8, 4) is 0 Å². The molecule has 1 N–H and O–H groups in total. The average molecular weight is 368 g/mol. The number of carbonyl (C=O) groups is 2. The minimum atomic E-state index is -3.75. The van der Waals surface area contributed by atoms with Gasteiger partial charge in [0.05, 0.1) is 10.8 Å². The maximum Gasteiger partial charge on any atom is 0.307 e. The number of sulfonamides is 1. The van der Waals surface area contributed by atoms with Gasteiger partial charge in [-0.1, -0.05) is 13.0 Å². The van der Waals surface area contributed by atoms with Gasteiger partial charge in [-0.15, -0.1) is 0 Å². The van der Waals surface area contributed by atoms with E-state index in [-0.39, 0.29) is 17.3 Å². The molecule has 1 aliphatic heterocycles. The maximum atomic E-state index is 12.7. The number of carboxylic acids is 1. The Hall–Kier alpha value is -1.93. The van der Waals surface area contributed by atoms with Crippen LogP contribution in [0.3, 0.4) is 0 Å². The highest BCUT2D eigenvalue weighted by atomic mass is 32.2. The summed E-state index contributed by atoms with van der Waals surface area (Å²) < 4.78 is 26.5. The van der Waals surface area contributed by atoms with E-state index in [4.69, 9.17) is 5.11 Å². The van der Waals surface area contributed by atoms with Crippen LogP contribution in [0.1, 0.15) is 25.0 Å². The first kappa shape index (κ1) is 19.4. The molecule has 0 bridgehead atoms. The Kier molecular flexibility index (Phi) is 5.84. The summed E-state index contributed by atoms with van der Waals surface area (Å²) in [7, 11) is -2.37. The molecule has 7 nitrogen and oxygen atoms in total. The Morgan fingerprint density at radius 2 is 1.84 bits per heavy atom. The molecule has 0 fully saturated rings. The molecule has 25 heavy (non-hydrogen) atoms. The average Bonchev–Trinajstić information content (AvgIpc) is 2.76. The zero-order valence-electron chi connectivity index (χ0n) is 14.7. The molecule has 2 rings (SSSR count). The number of fused-ring (bicyclic) bond motifs is 1. The SMILES string of the molecule is CC(=O)N1CCc2ccc(S(=O)(=O)N(C)CC(C)C(=O)O)cc2CC1. The van der Waals surface area contributed by atoms with Crippen molar-refractivity contribution in [2.24, 2.45) is 5.92 Å². The van der Waals surface area contributed by atoms with Crippen molar-refractivity contribution >= 4 is 21.9 Å². The van der Waals surface area contributed by atoms with Crippen LogP contribution >= 0.6 is 0 Å². The predicted octanol–water partition coefficient (Wildman–Crippen LogP) is 0.975. The molecule has 1 aliphatic rings. The second-order valence-electron chi connectivity index (χ2n) is 6.46. The van der Waals surface area contributed by atoms with Crippen LogP contribution in [0.2, 0.25) is 0 Å². The van der Waals surface area contributed by atoms with Gasteiger partial charge in [-0.2, -0.15) is 0 Å². The molecule has 0 aliphatic carbocycles. The number of amides is 1. The third-order valence-corrected chi connectivity index (χ3v) is 6.41. The van der Waals surface area contributed by atoms with Crippen molar-refractivity contribution in [3.05, 3.63) is 29.3 Å². The molecule has 1 heterocycles. The number of hydrogen-bond donors (Lipinski definition) is 1. The number of carboxylic acid groups (broad SMARTS) is 1. The van der Waals surface area contributed by atoms with E-state index in [1.807, 2.05) is 0 Å².